The molecule has 1 amide bonds. The van der Waals surface area contributed by atoms with E-state index >= 15 is 0 Å². The van der Waals surface area contributed by atoms with E-state index in [0.717, 1.165) is 24.9 Å². The number of nitrogens with zero attached hydrogens (tertiary/aromatic N) is 3. The molecule has 2 fully saturated rings. The van der Waals surface area contributed by atoms with Crippen molar-refractivity contribution in [1.29, 1.82) is 0 Å². The van der Waals surface area contributed by atoms with E-state index in [-0.39, 0.29) is 34.4 Å². The average Bonchev–Trinajstić information content (AvgIpc) is 3.47. The van der Waals surface area contributed by atoms with Gasteiger partial charge in [0.1, 0.15) is 0 Å². The predicted octanol–water partition coefficient (Wildman–Crippen LogP) is 5.75. The van der Waals surface area contributed by atoms with Crippen molar-refractivity contribution in [2.24, 2.45) is 10.9 Å². The Balaban J connectivity index is 0.00000336. The zero-order valence-corrected chi connectivity index (χ0v) is 22.0. The Labute approximate surface area is 233 Å². The Hall–Kier alpha value is -3.54. The fourth-order valence-electron chi connectivity index (χ4n) is 5.13. The van der Waals surface area contributed by atoms with E-state index < -0.39 is 11.5 Å². The summed E-state index contributed by atoms with van der Waals surface area (Å²) in [5.41, 5.74) is 2.36. The Morgan fingerprint density at radius 2 is 1.68 bits per heavy atom. The standard InChI is InChI=1S/C31H31N3O3.Ni/c1-2-24-20-31(24,30(36)37)33-28(23-14-7-4-8-15-23)25-16-9-10-17-26(25)32-29(35)27-18-11-19-34(27)21-22-12-5-3-6-13-22;/h2-10,12-17,24,27H,1,11,18-21H2,(H2,32,33,35,36,37);/p-1/t24-,27+,31-;/m1./s1. The number of carboxylic acid groups (broad SMARTS) is 1. The Bertz CT molecular complexity index is 1330. The van der Waals surface area contributed by atoms with Crippen LogP contribution in [0.3, 0.4) is 0 Å². The zero-order chi connectivity index (χ0) is 25.8. The third-order valence-electron chi connectivity index (χ3n) is 7.26. The minimum atomic E-state index is -1.25. The summed E-state index contributed by atoms with van der Waals surface area (Å²) < 4.78 is 0. The molecule has 3 aromatic rings. The number of amides is 1. The van der Waals surface area contributed by atoms with Gasteiger partial charge in [0.2, 0.25) is 0 Å². The van der Waals surface area contributed by atoms with Crippen molar-refractivity contribution in [3.05, 3.63) is 120 Å². The largest absolute Gasteiger partial charge is 0.625 e. The van der Waals surface area contributed by atoms with E-state index in [0.29, 0.717) is 29.9 Å². The maximum Gasteiger partial charge on any atom is 0.332 e. The summed E-state index contributed by atoms with van der Waals surface area (Å²) in [6.07, 6.45) is 3.76. The van der Waals surface area contributed by atoms with E-state index in [1.165, 1.54) is 5.56 Å². The molecule has 1 aliphatic carbocycles. The fraction of sp³-hybridized carbons (Fsp3) is 0.258. The summed E-state index contributed by atoms with van der Waals surface area (Å²) in [6.45, 7) is 5.34. The van der Waals surface area contributed by atoms with E-state index in [1.54, 1.807) is 12.1 Å². The van der Waals surface area contributed by atoms with Gasteiger partial charge in [-0.15, -0.1) is 12.3 Å². The van der Waals surface area contributed by atoms with Crippen LogP contribution in [0.4, 0.5) is 5.69 Å². The van der Waals surface area contributed by atoms with Crippen LogP contribution in [-0.2, 0) is 32.6 Å². The Morgan fingerprint density at radius 1 is 1.03 bits per heavy atom. The minimum absolute atomic E-state index is 0. The summed E-state index contributed by atoms with van der Waals surface area (Å²) in [5, 5.41) is 14.6. The van der Waals surface area contributed by atoms with Crippen molar-refractivity contribution in [2.75, 3.05) is 6.54 Å². The number of rotatable bonds is 9. The van der Waals surface area contributed by atoms with Gasteiger partial charge in [0.25, 0.3) is 0 Å². The molecule has 0 radical (unpaired) electrons. The predicted molar refractivity (Wildman–Crippen MR) is 145 cm³/mol. The monoisotopic (exact) mass is 550 g/mol. The number of likely N-dealkylation sites (tertiary alicyclic amines) is 1. The molecule has 1 N–H and O–H groups in total. The van der Waals surface area contributed by atoms with Crippen molar-refractivity contribution < 1.29 is 31.2 Å². The molecule has 3 atom stereocenters. The number of benzene rings is 3. The van der Waals surface area contributed by atoms with Crippen LogP contribution in [0.2, 0.25) is 0 Å². The summed E-state index contributed by atoms with van der Waals surface area (Å²) in [5.74, 6) is -1.39. The second kappa shape index (κ2) is 11.9. The van der Waals surface area contributed by atoms with E-state index in [4.69, 9.17) is 4.99 Å². The first-order valence-corrected chi connectivity index (χ1v) is 12.7. The summed E-state index contributed by atoms with van der Waals surface area (Å²) in [6, 6.07) is 26.7. The number of hydrogen-bond donors (Lipinski definition) is 1. The van der Waals surface area contributed by atoms with E-state index in [1.807, 2.05) is 66.7 Å². The van der Waals surface area contributed by atoms with Crippen LogP contribution in [0.15, 0.2) is 103 Å². The van der Waals surface area contributed by atoms with Gasteiger partial charge >= 0.3 is 5.97 Å². The molecule has 0 spiro atoms. The van der Waals surface area contributed by atoms with Gasteiger partial charge < -0.3 is 15.2 Å². The topological polar surface area (TPSA) is 84.1 Å². The molecule has 1 saturated heterocycles. The molecule has 198 valence electrons. The molecule has 1 aliphatic heterocycles. The first kappa shape index (κ1) is 27.5. The van der Waals surface area contributed by atoms with Crippen LogP contribution in [0.5, 0.6) is 0 Å². The first-order chi connectivity index (χ1) is 18.0. The summed E-state index contributed by atoms with van der Waals surface area (Å²) in [7, 11) is 0. The average molecular weight is 551 g/mol. The smallest absolute Gasteiger partial charge is 0.332 e. The zero-order valence-electron chi connectivity index (χ0n) is 21.0. The number of para-hydroxylation sites is 1. The molecule has 3 aromatic carbocycles. The molecule has 6 nitrogen and oxygen atoms in total. The summed E-state index contributed by atoms with van der Waals surface area (Å²) in [4.78, 5) is 32.7. The molecule has 5 rings (SSSR count). The molecule has 0 unspecified atom stereocenters. The van der Waals surface area contributed by atoms with Gasteiger partial charge in [-0.25, -0.2) is 4.79 Å². The number of hydrogen-bond acceptors (Lipinski definition) is 4. The van der Waals surface area contributed by atoms with Gasteiger partial charge in [0.05, 0.1) is 17.7 Å². The number of carbonyl (C=O) groups excluding carboxylic acids is 1. The minimum Gasteiger partial charge on any atom is -0.625 e. The second-order valence-electron chi connectivity index (χ2n) is 9.68. The van der Waals surface area contributed by atoms with Crippen LogP contribution < -0.4 is 0 Å². The molecule has 2 aliphatic rings. The number of carboxylic acids is 1. The van der Waals surface area contributed by atoms with Gasteiger partial charge in [0.15, 0.2) is 5.54 Å². The van der Waals surface area contributed by atoms with E-state index in [2.05, 4.69) is 28.9 Å². The molecule has 0 aromatic heterocycles. The second-order valence-corrected chi connectivity index (χ2v) is 9.68. The SMILES string of the molecule is C=C[C@@H]1C[C@]1(N=C(c1ccccc1)c1ccccc1[N-]C(=O)[C@@H]1CCCN1Cc1ccccc1)C(=O)O.[Ni]. The van der Waals surface area contributed by atoms with Gasteiger partial charge in [0, 0.05) is 34.5 Å². The van der Waals surface area contributed by atoms with Crippen molar-refractivity contribution in [3.63, 3.8) is 0 Å². The van der Waals surface area contributed by atoms with Crippen molar-refractivity contribution in [2.45, 2.75) is 37.4 Å². The normalized spacial score (nSPS) is 22.8. The Kier molecular flexibility index (Phi) is 8.60. The number of carbonyl (C=O) groups is 2. The third kappa shape index (κ3) is 5.64. The third-order valence-corrected chi connectivity index (χ3v) is 7.26. The molecule has 38 heavy (non-hydrogen) atoms. The van der Waals surface area contributed by atoms with Crippen LogP contribution in [0.1, 0.15) is 36.0 Å². The molecular weight excluding hydrogens is 521 g/mol. The number of aliphatic carboxylic acids is 1. The molecule has 1 saturated carbocycles. The van der Waals surface area contributed by atoms with Crippen LogP contribution in [-0.4, -0.2) is 45.7 Å². The van der Waals surface area contributed by atoms with Gasteiger partial charge in [-0.05, 0) is 36.9 Å². The van der Waals surface area contributed by atoms with Crippen molar-refractivity contribution in [3.8, 4) is 0 Å². The van der Waals surface area contributed by atoms with Gasteiger partial charge in [-0.1, -0.05) is 91.0 Å². The fourth-order valence-corrected chi connectivity index (χ4v) is 5.13. The molecule has 7 heteroatoms. The van der Waals surface area contributed by atoms with E-state index in [9.17, 15) is 14.7 Å². The Morgan fingerprint density at radius 3 is 2.34 bits per heavy atom. The van der Waals surface area contributed by atoms with Crippen molar-refractivity contribution >= 4 is 23.3 Å². The maximum absolute atomic E-state index is 13.5. The number of aliphatic imine (C=N–C) groups is 1. The summed E-state index contributed by atoms with van der Waals surface area (Å²) >= 11 is 0. The van der Waals surface area contributed by atoms with Gasteiger partial charge in [-0.3, -0.25) is 9.89 Å². The molecular formula is C31H30N3NiO3-. The van der Waals surface area contributed by atoms with Crippen LogP contribution >= 0.6 is 0 Å². The van der Waals surface area contributed by atoms with Crippen molar-refractivity contribution in [1.82, 2.24) is 4.90 Å². The first-order valence-electron chi connectivity index (χ1n) is 12.7. The van der Waals surface area contributed by atoms with Crippen LogP contribution in [0.25, 0.3) is 5.32 Å². The molecule has 0 bridgehead atoms. The quantitative estimate of drug-likeness (QED) is 0.209. The maximum atomic E-state index is 13.5. The molecule has 1 heterocycles. The van der Waals surface area contributed by atoms with Crippen LogP contribution in [0, 0.1) is 5.92 Å². The van der Waals surface area contributed by atoms with Gasteiger partial charge in [-0.2, -0.15) is 0 Å².